The lowest BCUT2D eigenvalue weighted by molar-refractivity contribution is 0.810. The highest BCUT2D eigenvalue weighted by atomic mass is 79.9. The van der Waals surface area contributed by atoms with Crippen molar-refractivity contribution in [3.8, 4) is 0 Å². The van der Waals surface area contributed by atoms with Gasteiger partial charge in [0.2, 0.25) is 0 Å². The summed E-state index contributed by atoms with van der Waals surface area (Å²) in [5.74, 6) is 0. The number of pyridine rings is 1. The monoisotopic (exact) mass is 234 g/mol. The van der Waals surface area contributed by atoms with E-state index < -0.39 is 0 Å². The summed E-state index contributed by atoms with van der Waals surface area (Å²) in [6, 6.07) is 1.74. The molecule has 1 rings (SSSR count). The number of hydrogen-bond acceptors (Lipinski definition) is 2. The summed E-state index contributed by atoms with van der Waals surface area (Å²) in [5, 5.41) is 0.473. The van der Waals surface area contributed by atoms with Crippen molar-refractivity contribution in [1.82, 2.24) is 4.98 Å². The molecule has 0 aliphatic carbocycles. The van der Waals surface area contributed by atoms with Crippen LogP contribution in [0.1, 0.15) is 18.5 Å². The van der Waals surface area contributed by atoms with E-state index in [1.807, 2.05) is 6.92 Å². The Morgan fingerprint density at radius 3 is 2.82 bits per heavy atom. The Bertz CT molecular complexity index is 263. The Balaban J connectivity index is 3.13. The molecule has 60 valence electrons. The summed E-state index contributed by atoms with van der Waals surface area (Å²) in [6.45, 7) is 1.90. The van der Waals surface area contributed by atoms with Crippen LogP contribution >= 0.6 is 27.5 Å². The predicted molar refractivity (Wildman–Crippen MR) is 49.5 cm³/mol. The molecule has 0 aliphatic heterocycles. The van der Waals surface area contributed by atoms with Gasteiger partial charge in [-0.1, -0.05) is 11.6 Å². The predicted octanol–water partition coefficient (Wildman–Crippen LogP) is 2.52. The second-order valence-electron chi connectivity index (χ2n) is 2.32. The fourth-order valence-electron chi connectivity index (χ4n) is 0.776. The SMILES string of the molecule is C[C@H](N)c1cc(Cl)ncc1Br. The van der Waals surface area contributed by atoms with Gasteiger partial charge in [0.15, 0.2) is 0 Å². The summed E-state index contributed by atoms with van der Waals surface area (Å²) in [5.41, 5.74) is 6.64. The van der Waals surface area contributed by atoms with E-state index >= 15 is 0 Å². The molecule has 1 aromatic rings. The number of hydrogen-bond donors (Lipinski definition) is 1. The van der Waals surface area contributed by atoms with Crippen LogP contribution in [-0.2, 0) is 0 Å². The number of nitrogens with two attached hydrogens (primary N) is 1. The van der Waals surface area contributed by atoms with Gasteiger partial charge in [0.1, 0.15) is 5.15 Å². The van der Waals surface area contributed by atoms with Gasteiger partial charge in [0.05, 0.1) is 0 Å². The standard InChI is InChI=1S/C7H8BrClN2/c1-4(10)5-2-7(9)11-3-6(5)8/h2-4H,10H2,1H3/t4-/m0/s1. The van der Waals surface area contributed by atoms with Crippen LogP contribution in [0.4, 0.5) is 0 Å². The molecule has 4 heteroatoms. The van der Waals surface area contributed by atoms with Crippen LogP contribution in [0.3, 0.4) is 0 Å². The van der Waals surface area contributed by atoms with Crippen LogP contribution in [0, 0.1) is 0 Å². The van der Waals surface area contributed by atoms with Crippen molar-refractivity contribution >= 4 is 27.5 Å². The van der Waals surface area contributed by atoms with Gasteiger partial charge in [-0.3, -0.25) is 0 Å². The Kier molecular flexibility index (Phi) is 2.87. The Morgan fingerprint density at radius 1 is 1.73 bits per heavy atom. The molecule has 0 saturated carbocycles. The van der Waals surface area contributed by atoms with E-state index in [0.29, 0.717) is 5.15 Å². The minimum Gasteiger partial charge on any atom is -0.324 e. The molecule has 0 radical (unpaired) electrons. The lowest BCUT2D eigenvalue weighted by Crippen LogP contribution is -2.05. The van der Waals surface area contributed by atoms with Crippen LogP contribution in [0.5, 0.6) is 0 Å². The van der Waals surface area contributed by atoms with Gasteiger partial charge in [-0.2, -0.15) is 0 Å². The van der Waals surface area contributed by atoms with E-state index in [-0.39, 0.29) is 6.04 Å². The van der Waals surface area contributed by atoms with Gasteiger partial charge < -0.3 is 5.73 Å². The first-order chi connectivity index (χ1) is 5.11. The fourth-order valence-corrected chi connectivity index (χ4v) is 1.52. The molecule has 0 spiro atoms. The smallest absolute Gasteiger partial charge is 0.129 e. The molecule has 2 nitrogen and oxygen atoms in total. The molecule has 1 heterocycles. The van der Waals surface area contributed by atoms with E-state index in [9.17, 15) is 0 Å². The number of nitrogens with zero attached hydrogens (tertiary/aromatic N) is 1. The minimum atomic E-state index is -0.0233. The summed E-state index contributed by atoms with van der Waals surface area (Å²) in [4.78, 5) is 3.88. The van der Waals surface area contributed by atoms with Crippen LogP contribution in [0.2, 0.25) is 5.15 Å². The molecule has 0 aliphatic rings. The van der Waals surface area contributed by atoms with Gasteiger partial charge in [0, 0.05) is 16.7 Å². The van der Waals surface area contributed by atoms with Crippen LogP contribution < -0.4 is 5.73 Å². The lowest BCUT2D eigenvalue weighted by atomic mass is 10.1. The third-order valence-corrected chi connectivity index (χ3v) is 2.21. The third kappa shape index (κ3) is 2.15. The average Bonchev–Trinajstić information content (AvgIpc) is 1.94. The maximum atomic E-state index is 5.67. The molecular formula is C7H8BrClN2. The molecule has 0 unspecified atom stereocenters. The molecule has 1 atom stereocenters. The number of aromatic nitrogens is 1. The van der Waals surface area contributed by atoms with E-state index in [0.717, 1.165) is 10.0 Å². The topological polar surface area (TPSA) is 38.9 Å². The molecule has 2 N–H and O–H groups in total. The molecule has 0 fully saturated rings. The van der Waals surface area contributed by atoms with Crippen molar-refractivity contribution in [2.75, 3.05) is 0 Å². The molecule has 0 saturated heterocycles. The molecule has 11 heavy (non-hydrogen) atoms. The third-order valence-electron chi connectivity index (χ3n) is 1.34. The van der Waals surface area contributed by atoms with Crippen molar-refractivity contribution in [2.24, 2.45) is 5.73 Å². The molecule has 0 amide bonds. The van der Waals surface area contributed by atoms with Crippen molar-refractivity contribution < 1.29 is 0 Å². The van der Waals surface area contributed by atoms with Gasteiger partial charge in [0.25, 0.3) is 0 Å². The van der Waals surface area contributed by atoms with Crippen LogP contribution in [0.25, 0.3) is 0 Å². The quantitative estimate of drug-likeness (QED) is 0.760. The first-order valence-corrected chi connectivity index (χ1v) is 4.35. The van der Waals surface area contributed by atoms with Crippen molar-refractivity contribution in [2.45, 2.75) is 13.0 Å². The van der Waals surface area contributed by atoms with E-state index in [1.54, 1.807) is 12.3 Å². The summed E-state index contributed by atoms with van der Waals surface area (Å²) in [7, 11) is 0. The summed E-state index contributed by atoms with van der Waals surface area (Å²) >= 11 is 9.00. The average molecular weight is 236 g/mol. The van der Waals surface area contributed by atoms with Crippen LogP contribution in [0.15, 0.2) is 16.7 Å². The summed E-state index contributed by atoms with van der Waals surface area (Å²) in [6.07, 6.45) is 1.65. The number of halogens is 2. The van der Waals surface area contributed by atoms with E-state index in [4.69, 9.17) is 17.3 Å². The maximum Gasteiger partial charge on any atom is 0.129 e. The Morgan fingerprint density at radius 2 is 2.36 bits per heavy atom. The summed E-state index contributed by atoms with van der Waals surface area (Å²) < 4.78 is 0.900. The zero-order valence-corrected chi connectivity index (χ0v) is 8.35. The minimum absolute atomic E-state index is 0.0233. The molecular weight excluding hydrogens is 227 g/mol. The fraction of sp³-hybridized carbons (Fsp3) is 0.286. The lowest BCUT2D eigenvalue weighted by Gasteiger charge is -2.07. The van der Waals surface area contributed by atoms with Crippen molar-refractivity contribution in [3.05, 3.63) is 27.5 Å². The van der Waals surface area contributed by atoms with Crippen LogP contribution in [-0.4, -0.2) is 4.98 Å². The van der Waals surface area contributed by atoms with E-state index in [2.05, 4.69) is 20.9 Å². The second-order valence-corrected chi connectivity index (χ2v) is 3.56. The second kappa shape index (κ2) is 3.52. The van der Waals surface area contributed by atoms with E-state index in [1.165, 1.54) is 0 Å². The maximum absolute atomic E-state index is 5.67. The largest absolute Gasteiger partial charge is 0.324 e. The first-order valence-electron chi connectivity index (χ1n) is 3.18. The van der Waals surface area contributed by atoms with Gasteiger partial charge >= 0.3 is 0 Å². The molecule has 0 bridgehead atoms. The molecule has 0 aromatic carbocycles. The highest BCUT2D eigenvalue weighted by Gasteiger charge is 2.05. The Hall–Kier alpha value is -0.120. The highest BCUT2D eigenvalue weighted by molar-refractivity contribution is 9.10. The number of rotatable bonds is 1. The molecule has 1 aromatic heterocycles. The van der Waals surface area contributed by atoms with Gasteiger partial charge in [-0.25, -0.2) is 4.98 Å². The van der Waals surface area contributed by atoms with Crippen molar-refractivity contribution in [3.63, 3.8) is 0 Å². The van der Waals surface area contributed by atoms with Gasteiger partial charge in [-0.05, 0) is 34.5 Å². The zero-order valence-electron chi connectivity index (χ0n) is 6.01. The zero-order chi connectivity index (χ0) is 8.43. The Labute approximate surface area is 78.9 Å². The van der Waals surface area contributed by atoms with Gasteiger partial charge in [-0.15, -0.1) is 0 Å². The van der Waals surface area contributed by atoms with Crippen molar-refractivity contribution in [1.29, 1.82) is 0 Å². The normalized spacial score (nSPS) is 13.1. The first kappa shape index (κ1) is 8.97. The highest BCUT2D eigenvalue weighted by Crippen LogP contribution is 2.22.